The topological polar surface area (TPSA) is 40.7 Å². The average molecular weight is 241 g/mol. The molecule has 1 heterocycles. The molecule has 94 valence electrons. The van der Waals surface area contributed by atoms with Crippen LogP contribution in [-0.2, 0) is 13.0 Å². The van der Waals surface area contributed by atoms with Crippen molar-refractivity contribution >= 4 is 0 Å². The fourth-order valence-corrected chi connectivity index (χ4v) is 2.97. The van der Waals surface area contributed by atoms with Crippen LogP contribution in [0.4, 0.5) is 0 Å². The van der Waals surface area contributed by atoms with Gasteiger partial charge in [-0.25, -0.2) is 0 Å². The van der Waals surface area contributed by atoms with Crippen LogP contribution in [0.2, 0.25) is 0 Å². The number of fused-ring (bicyclic) bond motifs is 1. The molecule has 0 aliphatic heterocycles. The summed E-state index contributed by atoms with van der Waals surface area (Å²) in [5, 5.41) is 10.5. The molecule has 0 radical (unpaired) electrons. The third kappa shape index (κ3) is 1.95. The maximum absolute atomic E-state index is 3.98. The zero-order chi connectivity index (χ0) is 12.6. The number of hydrogen-bond donors (Lipinski definition) is 2. The van der Waals surface area contributed by atoms with Gasteiger partial charge in [-0.15, -0.1) is 0 Å². The van der Waals surface area contributed by atoms with Gasteiger partial charge in [0.05, 0.1) is 6.20 Å². The molecule has 0 bridgehead atoms. The smallest absolute Gasteiger partial charge is 0.0532 e. The van der Waals surface area contributed by atoms with Crippen LogP contribution in [0, 0.1) is 5.41 Å². The van der Waals surface area contributed by atoms with E-state index in [4.69, 9.17) is 0 Å². The second-order valence-electron chi connectivity index (χ2n) is 5.78. The molecule has 18 heavy (non-hydrogen) atoms. The van der Waals surface area contributed by atoms with Crippen LogP contribution in [0.5, 0.6) is 0 Å². The Labute approximate surface area is 108 Å². The Hall–Kier alpha value is -1.61. The van der Waals surface area contributed by atoms with E-state index in [2.05, 4.69) is 53.6 Å². The highest BCUT2D eigenvalue weighted by molar-refractivity contribution is 5.37. The average Bonchev–Trinajstić information content (AvgIpc) is 2.91. The molecule has 2 aromatic rings. The Bertz CT molecular complexity index is 528. The van der Waals surface area contributed by atoms with Crippen molar-refractivity contribution in [3.05, 3.63) is 53.3 Å². The van der Waals surface area contributed by atoms with Crippen molar-refractivity contribution < 1.29 is 0 Å². The zero-order valence-corrected chi connectivity index (χ0v) is 10.9. The van der Waals surface area contributed by atoms with Crippen molar-refractivity contribution in [3.8, 4) is 0 Å². The third-order valence-corrected chi connectivity index (χ3v) is 3.86. The molecule has 0 fully saturated rings. The van der Waals surface area contributed by atoms with Crippen LogP contribution in [0.15, 0.2) is 36.7 Å². The maximum atomic E-state index is 3.98. The number of rotatable bonds is 3. The van der Waals surface area contributed by atoms with E-state index in [1.54, 1.807) is 0 Å². The number of hydrogen-bond acceptors (Lipinski definition) is 2. The van der Waals surface area contributed by atoms with E-state index >= 15 is 0 Å². The van der Waals surface area contributed by atoms with Crippen LogP contribution < -0.4 is 5.32 Å². The molecule has 1 aromatic carbocycles. The first-order valence-electron chi connectivity index (χ1n) is 6.46. The Morgan fingerprint density at radius 3 is 3.00 bits per heavy atom. The first-order chi connectivity index (χ1) is 8.67. The summed E-state index contributed by atoms with van der Waals surface area (Å²) in [6.45, 7) is 5.53. The van der Waals surface area contributed by atoms with Crippen LogP contribution in [-0.4, -0.2) is 10.2 Å². The van der Waals surface area contributed by atoms with Crippen LogP contribution >= 0.6 is 0 Å². The SMILES string of the molecule is CC1(C)Cc2ccccc2C1NCc1cn[nH]c1. The van der Waals surface area contributed by atoms with Crippen LogP contribution in [0.3, 0.4) is 0 Å². The quantitative estimate of drug-likeness (QED) is 0.867. The first kappa shape index (κ1) is 11.5. The molecule has 0 amide bonds. The van der Waals surface area contributed by atoms with E-state index in [0.29, 0.717) is 6.04 Å². The summed E-state index contributed by atoms with van der Waals surface area (Å²) in [6.07, 6.45) is 4.97. The summed E-state index contributed by atoms with van der Waals surface area (Å²) in [4.78, 5) is 0. The summed E-state index contributed by atoms with van der Waals surface area (Å²) in [7, 11) is 0. The molecule has 1 aromatic heterocycles. The monoisotopic (exact) mass is 241 g/mol. The third-order valence-electron chi connectivity index (χ3n) is 3.86. The molecule has 3 nitrogen and oxygen atoms in total. The minimum atomic E-state index is 0.271. The summed E-state index contributed by atoms with van der Waals surface area (Å²) in [5.74, 6) is 0. The Kier molecular flexibility index (Phi) is 2.71. The van der Waals surface area contributed by atoms with Crippen molar-refractivity contribution in [1.29, 1.82) is 0 Å². The molecule has 3 rings (SSSR count). The number of benzene rings is 1. The zero-order valence-electron chi connectivity index (χ0n) is 10.9. The summed E-state index contributed by atoms with van der Waals surface area (Å²) in [6, 6.07) is 9.18. The van der Waals surface area contributed by atoms with Gasteiger partial charge in [-0.3, -0.25) is 5.10 Å². The fraction of sp³-hybridized carbons (Fsp3) is 0.400. The molecule has 1 aliphatic rings. The van der Waals surface area contributed by atoms with Gasteiger partial charge in [0.2, 0.25) is 0 Å². The van der Waals surface area contributed by atoms with E-state index in [1.165, 1.54) is 16.7 Å². The van der Waals surface area contributed by atoms with Gasteiger partial charge in [-0.2, -0.15) is 5.10 Å². The highest BCUT2D eigenvalue weighted by atomic mass is 15.1. The maximum Gasteiger partial charge on any atom is 0.0532 e. The summed E-state index contributed by atoms with van der Waals surface area (Å²) < 4.78 is 0. The number of aromatic nitrogens is 2. The molecule has 1 atom stereocenters. The first-order valence-corrected chi connectivity index (χ1v) is 6.46. The highest BCUT2D eigenvalue weighted by Crippen LogP contribution is 2.44. The van der Waals surface area contributed by atoms with Crippen molar-refractivity contribution in [2.45, 2.75) is 32.9 Å². The number of H-pyrrole nitrogens is 1. The highest BCUT2D eigenvalue weighted by Gasteiger charge is 2.38. The van der Waals surface area contributed by atoms with Gasteiger partial charge in [0.15, 0.2) is 0 Å². The second kappa shape index (κ2) is 4.25. The van der Waals surface area contributed by atoms with Crippen LogP contribution in [0.1, 0.15) is 36.6 Å². The van der Waals surface area contributed by atoms with E-state index < -0.39 is 0 Å². The van der Waals surface area contributed by atoms with E-state index in [1.807, 2.05) is 12.4 Å². The van der Waals surface area contributed by atoms with Gasteiger partial charge >= 0.3 is 0 Å². The largest absolute Gasteiger partial charge is 0.305 e. The van der Waals surface area contributed by atoms with Crippen LogP contribution in [0.25, 0.3) is 0 Å². The predicted molar refractivity (Wildman–Crippen MR) is 72.1 cm³/mol. The lowest BCUT2D eigenvalue weighted by molar-refractivity contribution is 0.268. The van der Waals surface area contributed by atoms with Gasteiger partial charge < -0.3 is 5.32 Å². The summed E-state index contributed by atoms with van der Waals surface area (Å²) >= 11 is 0. The number of nitrogens with zero attached hydrogens (tertiary/aromatic N) is 1. The van der Waals surface area contributed by atoms with Gasteiger partial charge in [0.1, 0.15) is 0 Å². The number of aromatic amines is 1. The Morgan fingerprint density at radius 2 is 2.22 bits per heavy atom. The van der Waals surface area contributed by atoms with Gasteiger partial charge in [-0.05, 0) is 23.0 Å². The molecular weight excluding hydrogens is 222 g/mol. The molecule has 0 saturated heterocycles. The van der Waals surface area contributed by atoms with Crippen molar-refractivity contribution in [2.75, 3.05) is 0 Å². The van der Waals surface area contributed by atoms with E-state index in [0.717, 1.165) is 13.0 Å². The molecular formula is C15H19N3. The van der Waals surface area contributed by atoms with Crippen molar-refractivity contribution in [1.82, 2.24) is 15.5 Å². The Balaban J connectivity index is 1.81. The predicted octanol–water partition coefficient (Wildman–Crippen LogP) is 2.82. The standard InChI is InChI=1S/C15H19N3/c1-15(2)7-12-5-3-4-6-13(12)14(15)16-8-11-9-17-18-10-11/h3-6,9-10,14,16H,7-8H2,1-2H3,(H,17,18). The Morgan fingerprint density at radius 1 is 1.39 bits per heavy atom. The molecule has 3 heteroatoms. The lowest BCUT2D eigenvalue weighted by atomic mass is 9.85. The molecule has 1 unspecified atom stereocenters. The van der Waals surface area contributed by atoms with Gasteiger partial charge in [0.25, 0.3) is 0 Å². The lowest BCUT2D eigenvalue weighted by Crippen LogP contribution is -2.30. The molecule has 1 aliphatic carbocycles. The second-order valence-corrected chi connectivity index (χ2v) is 5.78. The van der Waals surface area contributed by atoms with Crippen molar-refractivity contribution in [2.24, 2.45) is 5.41 Å². The number of nitrogens with one attached hydrogen (secondary N) is 2. The molecule has 2 N–H and O–H groups in total. The minimum absolute atomic E-state index is 0.271. The summed E-state index contributed by atoms with van der Waals surface area (Å²) in [5.41, 5.74) is 4.40. The fourth-order valence-electron chi connectivity index (χ4n) is 2.97. The van der Waals surface area contributed by atoms with Gasteiger partial charge in [-0.1, -0.05) is 38.1 Å². The minimum Gasteiger partial charge on any atom is -0.305 e. The molecule has 0 spiro atoms. The van der Waals surface area contributed by atoms with Crippen molar-refractivity contribution in [3.63, 3.8) is 0 Å². The molecule has 0 saturated carbocycles. The lowest BCUT2D eigenvalue weighted by Gasteiger charge is -2.28. The van der Waals surface area contributed by atoms with E-state index in [9.17, 15) is 0 Å². The van der Waals surface area contributed by atoms with E-state index in [-0.39, 0.29) is 5.41 Å². The van der Waals surface area contributed by atoms with Gasteiger partial charge in [0, 0.05) is 24.3 Å². The normalized spacial score (nSPS) is 20.9.